The topological polar surface area (TPSA) is 71.1 Å². The Morgan fingerprint density at radius 3 is 2.00 bits per heavy atom. The zero-order valence-corrected chi connectivity index (χ0v) is 18.7. The molecule has 0 aromatic heterocycles. The molecule has 32 heavy (non-hydrogen) atoms. The van der Waals surface area contributed by atoms with Crippen LogP contribution in [0.3, 0.4) is 0 Å². The molecular formula is C26H30O6. The lowest BCUT2D eigenvalue weighted by Gasteiger charge is -2.16. The molecule has 170 valence electrons. The van der Waals surface area contributed by atoms with Crippen LogP contribution in [0.25, 0.3) is 11.1 Å². The average Bonchev–Trinajstić information content (AvgIpc) is 2.78. The third-order valence-electron chi connectivity index (χ3n) is 4.46. The number of carbonyl (C=O) groups excluding carboxylic acids is 2. The van der Waals surface area contributed by atoms with Crippen molar-refractivity contribution in [1.82, 2.24) is 0 Å². The molecule has 0 unspecified atom stereocenters. The van der Waals surface area contributed by atoms with Crippen LogP contribution in [-0.2, 0) is 31.9 Å². The quantitative estimate of drug-likeness (QED) is 0.334. The van der Waals surface area contributed by atoms with Gasteiger partial charge in [0.1, 0.15) is 11.5 Å². The molecule has 6 heteroatoms. The van der Waals surface area contributed by atoms with Crippen LogP contribution in [-0.4, -0.2) is 38.4 Å². The van der Waals surface area contributed by atoms with Gasteiger partial charge in [-0.05, 0) is 67.6 Å². The number of carbonyl (C=O) groups is 2. The fourth-order valence-corrected chi connectivity index (χ4v) is 3.10. The second kappa shape index (κ2) is 13.0. The fraction of sp³-hybridized carbons (Fsp3) is 0.308. The first kappa shape index (κ1) is 24.7. The van der Waals surface area contributed by atoms with Crippen molar-refractivity contribution in [2.75, 3.05) is 26.4 Å². The maximum Gasteiger partial charge on any atom is 0.344 e. The maximum absolute atomic E-state index is 11.8. The summed E-state index contributed by atoms with van der Waals surface area (Å²) in [7, 11) is 0. The van der Waals surface area contributed by atoms with Gasteiger partial charge in [0.15, 0.2) is 13.2 Å². The summed E-state index contributed by atoms with van der Waals surface area (Å²) in [6, 6.07) is 11.4. The number of benzene rings is 2. The van der Waals surface area contributed by atoms with Crippen LogP contribution in [0.4, 0.5) is 0 Å². The summed E-state index contributed by atoms with van der Waals surface area (Å²) in [6.07, 6.45) is 4.85. The van der Waals surface area contributed by atoms with Crippen molar-refractivity contribution in [2.24, 2.45) is 0 Å². The summed E-state index contributed by atoms with van der Waals surface area (Å²) in [4.78, 5) is 23.4. The Morgan fingerprint density at radius 1 is 0.812 bits per heavy atom. The molecule has 0 atom stereocenters. The third kappa shape index (κ3) is 7.30. The van der Waals surface area contributed by atoms with Gasteiger partial charge < -0.3 is 18.9 Å². The van der Waals surface area contributed by atoms with E-state index in [0.29, 0.717) is 37.6 Å². The normalized spacial score (nSPS) is 10.2. The van der Waals surface area contributed by atoms with Crippen LogP contribution in [0.15, 0.2) is 61.7 Å². The van der Waals surface area contributed by atoms with Gasteiger partial charge in [-0.25, -0.2) is 9.59 Å². The minimum Gasteiger partial charge on any atom is -0.482 e. The van der Waals surface area contributed by atoms with Gasteiger partial charge in [-0.1, -0.05) is 24.3 Å². The molecule has 0 radical (unpaired) electrons. The number of hydrogen-bond donors (Lipinski definition) is 0. The van der Waals surface area contributed by atoms with Crippen molar-refractivity contribution >= 4 is 11.9 Å². The van der Waals surface area contributed by atoms with E-state index in [-0.39, 0.29) is 13.2 Å². The van der Waals surface area contributed by atoms with Crippen LogP contribution in [0.2, 0.25) is 0 Å². The highest BCUT2D eigenvalue weighted by Gasteiger charge is 2.14. The summed E-state index contributed by atoms with van der Waals surface area (Å²) in [5.74, 6) is 0.296. The van der Waals surface area contributed by atoms with E-state index in [0.717, 1.165) is 22.3 Å². The second-order valence-electron chi connectivity index (χ2n) is 6.83. The van der Waals surface area contributed by atoms with Crippen molar-refractivity contribution in [3.63, 3.8) is 0 Å². The number of hydrogen-bond acceptors (Lipinski definition) is 6. The molecule has 0 fully saturated rings. The molecule has 2 aromatic carbocycles. The van der Waals surface area contributed by atoms with Crippen LogP contribution < -0.4 is 9.47 Å². The van der Waals surface area contributed by atoms with Gasteiger partial charge in [0.2, 0.25) is 0 Å². The van der Waals surface area contributed by atoms with E-state index < -0.39 is 11.9 Å². The molecule has 0 saturated carbocycles. The van der Waals surface area contributed by atoms with E-state index in [4.69, 9.17) is 18.9 Å². The molecular weight excluding hydrogens is 408 g/mol. The lowest BCUT2D eigenvalue weighted by molar-refractivity contribution is -0.146. The highest BCUT2D eigenvalue weighted by atomic mass is 16.6. The van der Waals surface area contributed by atoms with Crippen molar-refractivity contribution in [3.05, 3.63) is 72.8 Å². The van der Waals surface area contributed by atoms with Crippen molar-refractivity contribution in [1.29, 1.82) is 0 Å². The van der Waals surface area contributed by atoms with E-state index in [1.807, 2.05) is 42.5 Å². The second-order valence-corrected chi connectivity index (χ2v) is 6.83. The molecule has 0 aliphatic carbocycles. The van der Waals surface area contributed by atoms with Gasteiger partial charge in [-0.2, -0.15) is 0 Å². The Kier molecular flexibility index (Phi) is 10.0. The highest BCUT2D eigenvalue weighted by molar-refractivity contribution is 5.75. The van der Waals surface area contributed by atoms with Crippen molar-refractivity contribution in [2.45, 2.75) is 26.7 Å². The summed E-state index contributed by atoms with van der Waals surface area (Å²) < 4.78 is 21.3. The average molecular weight is 439 g/mol. The zero-order valence-electron chi connectivity index (χ0n) is 18.7. The molecule has 0 spiro atoms. The fourth-order valence-electron chi connectivity index (χ4n) is 3.10. The zero-order chi connectivity index (χ0) is 23.3. The van der Waals surface area contributed by atoms with Crippen molar-refractivity contribution < 1.29 is 28.5 Å². The lowest BCUT2D eigenvalue weighted by atomic mass is 9.97. The summed E-state index contributed by atoms with van der Waals surface area (Å²) >= 11 is 0. The smallest absolute Gasteiger partial charge is 0.344 e. The van der Waals surface area contributed by atoms with E-state index in [1.54, 1.807) is 19.9 Å². The first-order valence-electron chi connectivity index (χ1n) is 10.6. The molecule has 6 nitrogen and oxygen atoms in total. The van der Waals surface area contributed by atoms with E-state index in [2.05, 4.69) is 13.2 Å². The maximum atomic E-state index is 11.8. The molecule has 0 saturated heterocycles. The standard InChI is InChI=1S/C26H30O6/c1-5-9-19-11-13-24(32-18-26(28)30-8-4)22(15-19)20-12-14-23(21(16-20)10-6-2)31-17-25(27)29-7-3/h5-6,11-16H,1-2,7-10,17-18H2,3-4H3. The number of allylic oxidation sites excluding steroid dienone is 2. The Morgan fingerprint density at radius 2 is 1.41 bits per heavy atom. The molecule has 2 rings (SSSR count). The first-order chi connectivity index (χ1) is 15.5. The van der Waals surface area contributed by atoms with Gasteiger partial charge in [0.25, 0.3) is 0 Å². The first-order valence-corrected chi connectivity index (χ1v) is 10.6. The Balaban J connectivity index is 2.37. The minimum atomic E-state index is -0.427. The molecule has 0 aliphatic rings. The van der Waals surface area contributed by atoms with E-state index in [9.17, 15) is 9.59 Å². The van der Waals surface area contributed by atoms with Gasteiger partial charge in [-0.3, -0.25) is 0 Å². The van der Waals surface area contributed by atoms with Gasteiger partial charge in [-0.15, -0.1) is 13.2 Å². The Labute approximate surface area is 189 Å². The van der Waals surface area contributed by atoms with Crippen LogP contribution in [0.5, 0.6) is 11.5 Å². The van der Waals surface area contributed by atoms with E-state index >= 15 is 0 Å². The molecule has 0 N–H and O–H groups in total. The number of rotatable bonds is 13. The predicted molar refractivity (Wildman–Crippen MR) is 124 cm³/mol. The molecule has 0 aliphatic heterocycles. The highest BCUT2D eigenvalue weighted by Crippen LogP contribution is 2.34. The molecule has 0 amide bonds. The SMILES string of the molecule is C=CCc1ccc(OCC(=O)OCC)c(-c2ccc(OCC(=O)OCC)c(CC=C)c2)c1. The van der Waals surface area contributed by atoms with Gasteiger partial charge in [0.05, 0.1) is 13.2 Å². The molecule has 0 bridgehead atoms. The molecule has 0 heterocycles. The van der Waals surface area contributed by atoms with E-state index in [1.165, 1.54) is 0 Å². The predicted octanol–water partition coefficient (Wildman–Crippen LogP) is 4.69. The Bertz CT molecular complexity index is 947. The number of esters is 2. The van der Waals surface area contributed by atoms with Crippen LogP contribution in [0, 0.1) is 0 Å². The molecule has 2 aromatic rings. The summed E-state index contributed by atoms with van der Waals surface area (Å²) in [5, 5.41) is 0. The number of ether oxygens (including phenoxy) is 4. The monoisotopic (exact) mass is 438 g/mol. The van der Waals surface area contributed by atoms with Crippen LogP contribution >= 0.6 is 0 Å². The summed E-state index contributed by atoms with van der Waals surface area (Å²) in [6.45, 7) is 11.4. The summed E-state index contributed by atoms with van der Waals surface area (Å²) in [5.41, 5.74) is 3.64. The van der Waals surface area contributed by atoms with Crippen molar-refractivity contribution in [3.8, 4) is 22.6 Å². The van der Waals surface area contributed by atoms with Gasteiger partial charge in [0, 0.05) is 5.56 Å². The van der Waals surface area contributed by atoms with Crippen LogP contribution in [0.1, 0.15) is 25.0 Å². The van der Waals surface area contributed by atoms with Gasteiger partial charge >= 0.3 is 11.9 Å². The minimum absolute atomic E-state index is 0.167. The lowest BCUT2D eigenvalue weighted by Crippen LogP contribution is -2.15. The third-order valence-corrected chi connectivity index (χ3v) is 4.46. The largest absolute Gasteiger partial charge is 0.482 e. The Hall–Kier alpha value is -3.54.